The lowest BCUT2D eigenvalue weighted by Crippen LogP contribution is -2.21. The summed E-state index contributed by atoms with van der Waals surface area (Å²) in [5.74, 6) is -0.293. The van der Waals surface area contributed by atoms with Gasteiger partial charge in [-0.25, -0.2) is 0 Å². The Labute approximate surface area is 53.0 Å². The molecule has 0 heterocycles. The smallest absolute Gasteiger partial charge is 0.318 e. The highest BCUT2D eigenvalue weighted by Gasteiger charge is 1.91. The molecule has 0 bridgehead atoms. The summed E-state index contributed by atoms with van der Waals surface area (Å²) < 4.78 is 13.9. The minimum absolute atomic E-state index is 0.205. The highest BCUT2D eigenvalue weighted by molar-refractivity contribution is 7.32. The van der Waals surface area contributed by atoms with E-state index < -0.39 is 8.25 Å². The molecule has 0 saturated carbocycles. The Morgan fingerprint density at radius 1 is 1.89 bits per heavy atom. The lowest BCUT2D eigenvalue weighted by atomic mass is 10.7. The third kappa shape index (κ3) is 7.62. The zero-order valence-electron chi connectivity index (χ0n) is 4.88. The van der Waals surface area contributed by atoms with Crippen molar-refractivity contribution >= 4 is 14.2 Å². The van der Waals surface area contributed by atoms with Crippen LogP contribution >= 0.6 is 8.25 Å². The van der Waals surface area contributed by atoms with Gasteiger partial charge in [0.05, 0.1) is 0 Å². The van der Waals surface area contributed by atoms with E-state index in [9.17, 15) is 9.36 Å². The van der Waals surface area contributed by atoms with Crippen LogP contribution < -0.4 is 5.32 Å². The van der Waals surface area contributed by atoms with Crippen molar-refractivity contribution in [2.45, 2.75) is 6.92 Å². The van der Waals surface area contributed by atoms with E-state index in [1.165, 1.54) is 6.92 Å². The molecule has 0 fully saturated rings. The van der Waals surface area contributed by atoms with Crippen molar-refractivity contribution in [3.63, 3.8) is 0 Å². The van der Waals surface area contributed by atoms with Crippen molar-refractivity contribution in [1.29, 1.82) is 0 Å². The number of nitrogens with one attached hydrogen (secondary N) is 1. The lowest BCUT2D eigenvalue weighted by Gasteiger charge is -1.98. The minimum Gasteiger partial charge on any atom is -0.333 e. The normalized spacial score (nSPS) is 12.7. The second-order valence-electron chi connectivity index (χ2n) is 1.29. The van der Waals surface area contributed by atoms with Crippen LogP contribution in [0.15, 0.2) is 0 Å². The molecule has 0 rings (SSSR count). The van der Waals surface area contributed by atoms with E-state index in [1.54, 1.807) is 0 Å². The summed E-state index contributed by atoms with van der Waals surface area (Å²) in [6.45, 7) is 1.08. The van der Waals surface area contributed by atoms with E-state index in [1.807, 2.05) is 0 Å². The first-order valence-corrected chi connectivity index (χ1v) is 3.49. The highest BCUT2D eigenvalue weighted by atomic mass is 31.1. The summed E-state index contributed by atoms with van der Waals surface area (Å²) in [5.41, 5.74) is 0. The predicted octanol–water partition coefficient (Wildman–Crippen LogP) is -0.521. The van der Waals surface area contributed by atoms with Gasteiger partial charge in [0, 0.05) is 6.92 Å². The second kappa shape index (κ2) is 4.49. The van der Waals surface area contributed by atoms with Crippen molar-refractivity contribution in [1.82, 2.24) is 5.32 Å². The van der Waals surface area contributed by atoms with Gasteiger partial charge in [0.15, 0.2) is 0 Å². The van der Waals surface area contributed by atoms with Crippen LogP contribution in [-0.2, 0) is 13.9 Å². The molecule has 0 aromatic carbocycles. The first-order chi connectivity index (χ1) is 4.13. The average Bonchev–Trinajstić information content (AvgIpc) is 1.63. The molecule has 1 amide bonds. The Morgan fingerprint density at radius 3 is 2.78 bits per heavy atom. The maximum absolute atomic E-state index is 10.1. The van der Waals surface area contributed by atoms with Crippen LogP contribution in [0.2, 0.25) is 0 Å². The number of hydrogen-bond donors (Lipinski definition) is 2. The molecule has 5 nitrogen and oxygen atoms in total. The average molecular weight is 153 g/mol. The van der Waals surface area contributed by atoms with Gasteiger partial charge in [-0.1, -0.05) is 0 Å². The zero-order chi connectivity index (χ0) is 7.28. The van der Waals surface area contributed by atoms with Gasteiger partial charge in [0.1, 0.15) is 6.73 Å². The Balaban J connectivity index is 3.10. The monoisotopic (exact) mass is 153 g/mol. The fourth-order valence-corrected chi connectivity index (χ4v) is 0.395. The van der Waals surface area contributed by atoms with Crippen molar-refractivity contribution in [3.05, 3.63) is 0 Å². The minimum atomic E-state index is -2.89. The molecule has 0 radical (unpaired) electrons. The van der Waals surface area contributed by atoms with Gasteiger partial charge in [-0.05, 0) is 0 Å². The summed E-state index contributed by atoms with van der Waals surface area (Å²) in [7, 11) is -2.89. The third-order valence-electron chi connectivity index (χ3n) is 0.517. The molecular weight excluding hydrogens is 145 g/mol. The van der Waals surface area contributed by atoms with Gasteiger partial charge in [-0.15, -0.1) is 0 Å². The van der Waals surface area contributed by atoms with Crippen molar-refractivity contribution in [2.75, 3.05) is 6.73 Å². The molecule has 2 N–H and O–H groups in total. The Hall–Kier alpha value is -0.380. The molecule has 6 heteroatoms. The largest absolute Gasteiger partial charge is 0.333 e. The molecule has 0 aliphatic heterocycles. The maximum atomic E-state index is 10.1. The van der Waals surface area contributed by atoms with Crippen LogP contribution in [0.25, 0.3) is 0 Å². The number of amides is 1. The van der Waals surface area contributed by atoms with Crippen molar-refractivity contribution in [2.24, 2.45) is 0 Å². The van der Waals surface area contributed by atoms with E-state index in [2.05, 4.69) is 9.84 Å². The quantitative estimate of drug-likeness (QED) is 0.422. The molecule has 54 valence electrons. The van der Waals surface area contributed by atoms with Gasteiger partial charge in [0.25, 0.3) is 0 Å². The Bertz CT molecular complexity index is 111. The van der Waals surface area contributed by atoms with Crippen LogP contribution in [0.3, 0.4) is 0 Å². The summed E-state index contributed by atoms with van der Waals surface area (Å²) in [4.78, 5) is 18.1. The van der Waals surface area contributed by atoms with Gasteiger partial charge in [0.2, 0.25) is 5.91 Å². The highest BCUT2D eigenvalue weighted by Crippen LogP contribution is 2.11. The summed E-state index contributed by atoms with van der Waals surface area (Å²) in [6.07, 6.45) is 0. The van der Waals surface area contributed by atoms with Gasteiger partial charge in [-0.2, -0.15) is 0 Å². The molecular formula is C3H8NO4P. The molecule has 9 heavy (non-hydrogen) atoms. The molecule has 1 unspecified atom stereocenters. The first-order valence-electron chi connectivity index (χ1n) is 2.23. The van der Waals surface area contributed by atoms with Gasteiger partial charge in [-0.3, -0.25) is 13.9 Å². The fraction of sp³-hybridized carbons (Fsp3) is 0.667. The van der Waals surface area contributed by atoms with E-state index in [4.69, 9.17) is 4.89 Å². The van der Waals surface area contributed by atoms with Crippen LogP contribution in [-0.4, -0.2) is 17.5 Å². The molecule has 0 spiro atoms. The molecule has 0 aromatic rings. The van der Waals surface area contributed by atoms with E-state index in [-0.39, 0.29) is 12.6 Å². The van der Waals surface area contributed by atoms with Gasteiger partial charge < -0.3 is 10.2 Å². The summed E-state index contributed by atoms with van der Waals surface area (Å²) in [5, 5.41) is 2.18. The predicted molar refractivity (Wildman–Crippen MR) is 31.0 cm³/mol. The SMILES string of the molecule is CC(=O)NCO[PH](=O)O. The topological polar surface area (TPSA) is 75.6 Å². The maximum Gasteiger partial charge on any atom is 0.318 e. The lowest BCUT2D eigenvalue weighted by molar-refractivity contribution is -0.119. The zero-order valence-corrected chi connectivity index (χ0v) is 5.88. The molecule has 0 aromatic heterocycles. The van der Waals surface area contributed by atoms with E-state index in [0.29, 0.717) is 0 Å². The van der Waals surface area contributed by atoms with E-state index >= 15 is 0 Å². The second-order valence-corrected chi connectivity index (χ2v) is 2.11. The fourth-order valence-electron chi connectivity index (χ4n) is 0.199. The summed E-state index contributed by atoms with van der Waals surface area (Å²) in [6, 6.07) is 0. The molecule has 0 aliphatic carbocycles. The molecule has 0 aliphatic rings. The van der Waals surface area contributed by atoms with Gasteiger partial charge >= 0.3 is 8.25 Å². The van der Waals surface area contributed by atoms with Crippen LogP contribution in [0.4, 0.5) is 0 Å². The Kier molecular flexibility index (Phi) is 4.30. The van der Waals surface area contributed by atoms with Crippen LogP contribution in [0, 0.1) is 0 Å². The van der Waals surface area contributed by atoms with Crippen LogP contribution in [0.1, 0.15) is 6.92 Å². The van der Waals surface area contributed by atoms with Crippen LogP contribution in [0.5, 0.6) is 0 Å². The third-order valence-corrected chi connectivity index (χ3v) is 0.908. The van der Waals surface area contributed by atoms with Crippen molar-refractivity contribution < 1.29 is 18.8 Å². The Morgan fingerprint density at radius 2 is 2.44 bits per heavy atom. The number of carbonyl (C=O) groups is 1. The summed E-state index contributed by atoms with van der Waals surface area (Å²) >= 11 is 0. The molecule has 1 atom stereocenters. The first kappa shape index (κ1) is 8.62. The number of carbonyl (C=O) groups excluding carboxylic acids is 1. The standard InChI is InChI=1S/C3H8NO4P/c1-3(5)4-2-8-9(6)7/h9H,2H2,1H3,(H,4,5)(H,6,7). The molecule has 0 saturated heterocycles. The van der Waals surface area contributed by atoms with E-state index in [0.717, 1.165) is 0 Å². The number of hydrogen-bond acceptors (Lipinski definition) is 3. The van der Waals surface area contributed by atoms with Crippen molar-refractivity contribution in [3.8, 4) is 0 Å². The number of rotatable bonds is 3.